The highest BCUT2D eigenvalue weighted by molar-refractivity contribution is 5.41. The van der Waals surface area contributed by atoms with Gasteiger partial charge in [-0.1, -0.05) is 18.1 Å². The summed E-state index contributed by atoms with van der Waals surface area (Å²) in [7, 11) is 1.57. The van der Waals surface area contributed by atoms with Crippen molar-refractivity contribution in [1.29, 1.82) is 0 Å². The summed E-state index contributed by atoms with van der Waals surface area (Å²) in [5.41, 5.74) is 2.17. The number of aryl methyl sites for hydroxylation is 1. The van der Waals surface area contributed by atoms with Gasteiger partial charge in [0.05, 0.1) is 13.2 Å². The number of likely N-dealkylation sites (tertiary alicyclic amines) is 1. The van der Waals surface area contributed by atoms with Crippen LogP contribution < -0.4 is 4.74 Å². The first-order valence-electron chi connectivity index (χ1n) is 8.26. The highest BCUT2D eigenvalue weighted by atomic mass is 16.5. The molecule has 1 N–H and O–H groups in total. The van der Waals surface area contributed by atoms with Crippen molar-refractivity contribution < 1.29 is 14.4 Å². The topological polar surface area (TPSA) is 58.7 Å². The van der Waals surface area contributed by atoms with Crippen molar-refractivity contribution in [3.8, 4) is 11.5 Å². The van der Waals surface area contributed by atoms with Crippen LogP contribution >= 0.6 is 0 Å². The third kappa shape index (κ3) is 3.50. The first kappa shape index (κ1) is 15.9. The summed E-state index contributed by atoms with van der Waals surface area (Å²) >= 11 is 0. The zero-order chi connectivity index (χ0) is 16.2. The quantitative estimate of drug-likeness (QED) is 0.881. The van der Waals surface area contributed by atoms with Gasteiger partial charge >= 0.3 is 0 Å². The van der Waals surface area contributed by atoms with Crippen LogP contribution in [0.1, 0.15) is 49.2 Å². The summed E-state index contributed by atoms with van der Waals surface area (Å²) in [6.07, 6.45) is 4.27. The summed E-state index contributed by atoms with van der Waals surface area (Å²) < 4.78 is 10.6. The third-order valence-corrected chi connectivity index (χ3v) is 4.41. The Bertz CT molecular complexity index is 653. The fourth-order valence-electron chi connectivity index (χ4n) is 3.26. The van der Waals surface area contributed by atoms with E-state index in [-0.39, 0.29) is 5.75 Å². The maximum atomic E-state index is 9.72. The number of ether oxygens (including phenoxy) is 1. The molecule has 2 heterocycles. The Morgan fingerprint density at radius 1 is 1.39 bits per heavy atom. The van der Waals surface area contributed by atoms with Gasteiger partial charge in [0.25, 0.3) is 0 Å². The lowest BCUT2D eigenvalue weighted by atomic mass is 10.1. The van der Waals surface area contributed by atoms with Crippen LogP contribution in [0.2, 0.25) is 0 Å². The molecule has 1 aromatic heterocycles. The molecule has 1 aliphatic heterocycles. The van der Waals surface area contributed by atoms with Crippen LogP contribution in [-0.4, -0.2) is 28.8 Å². The lowest BCUT2D eigenvalue weighted by Crippen LogP contribution is -2.23. The van der Waals surface area contributed by atoms with Gasteiger partial charge in [-0.3, -0.25) is 4.90 Å². The number of rotatable bonds is 6. The number of phenolic OH excluding ortho intramolecular Hbond substituents is 1. The van der Waals surface area contributed by atoms with Gasteiger partial charge in [-0.05, 0) is 43.5 Å². The van der Waals surface area contributed by atoms with E-state index in [1.807, 2.05) is 12.1 Å². The lowest BCUT2D eigenvalue weighted by molar-refractivity contribution is 0.236. The third-order valence-electron chi connectivity index (χ3n) is 4.41. The van der Waals surface area contributed by atoms with E-state index in [2.05, 4.69) is 23.0 Å². The van der Waals surface area contributed by atoms with E-state index in [0.717, 1.165) is 55.8 Å². The number of phenols is 1. The van der Waals surface area contributed by atoms with Crippen molar-refractivity contribution in [3.05, 3.63) is 41.3 Å². The molecule has 0 aliphatic carbocycles. The molecule has 0 saturated carbocycles. The Kier molecular flexibility index (Phi) is 4.86. The molecule has 1 fully saturated rings. The van der Waals surface area contributed by atoms with E-state index in [1.54, 1.807) is 13.2 Å². The molecule has 1 atom stereocenters. The van der Waals surface area contributed by atoms with Crippen molar-refractivity contribution >= 4 is 0 Å². The van der Waals surface area contributed by atoms with Crippen molar-refractivity contribution in [1.82, 2.24) is 10.1 Å². The molecule has 0 spiro atoms. The van der Waals surface area contributed by atoms with E-state index in [4.69, 9.17) is 9.26 Å². The molecular formula is C18H24N2O3. The van der Waals surface area contributed by atoms with Gasteiger partial charge in [0.2, 0.25) is 0 Å². The summed E-state index contributed by atoms with van der Waals surface area (Å²) in [6.45, 7) is 4.00. The van der Waals surface area contributed by atoms with Crippen molar-refractivity contribution in [2.45, 2.75) is 45.2 Å². The lowest BCUT2D eigenvalue weighted by Gasteiger charge is -2.23. The summed E-state index contributed by atoms with van der Waals surface area (Å²) in [5, 5.41) is 14.0. The second-order valence-electron chi connectivity index (χ2n) is 6.10. The predicted molar refractivity (Wildman–Crippen MR) is 87.5 cm³/mol. The van der Waals surface area contributed by atoms with Gasteiger partial charge in [-0.25, -0.2) is 0 Å². The number of hydrogen-bond acceptors (Lipinski definition) is 5. The molecule has 23 heavy (non-hydrogen) atoms. The molecule has 0 bridgehead atoms. The van der Waals surface area contributed by atoms with Crippen LogP contribution in [0.3, 0.4) is 0 Å². The molecule has 0 radical (unpaired) electrons. The largest absolute Gasteiger partial charge is 0.504 e. The fraction of sp³-hybridized carbons (Fsp3) is 0.500. The SMILES string of the molecule is CCCc1cc(C2CCCN2Cc2ccc(O)c(OC)c2)no1. The normalized spacial score (nSPS) is 18.4. The number of aromatic nitrogens is 1. The Labute approximate surface area is 136 Å². The van der Waals surface area contributed by atoms with Crippen LogP contribution in [0.4, 0.5) is 0 Å². The zero-order valence-electron chi connectivity index (χ0n) is 13.8. The van der Waals surface area contributed by atoms with Crippen LogP contribution in [0.25, 0.3) is 0 Å². The van der Waals surface area contributed by atoms with E-state index < -0.39 is 0 Å². The average molecular weight is 316 g/mol. The molecule has 1 saturated heterocycles. The minimum atomic E-state index is 0.176. The molecule has 124 valence electrons. The second-order valence-corrected chi connectivity index (χ2v) is 6.10. The van der Waals surface area contributed by atoms with E-state index in [1.165, 1.54) is 0 Å². The smallest absolute Gasteiger partial charge is 0.160 e. The van der Waals surface area contributed by atoms with Gasteiger partial charge in [-0.15, -0.1) is 0 Å². The minimum Gasteiger partial charge on any atom is -0.504 e. The molecule has 1 aliphatic rings. The summed E-state index contributed by atoms with van der Waals surface area (Å²) in [6, 6.07) is 7.94. The van der Waals surface area contributed by atoms with Gasteiger partial charge in [0, 0.05) is 19.0 Å². The van der Waals surface area contributed by atoms with Crippen LogP contribution in [0, 0.1) is 0 Å². The van der Waals surface area contributed by atoms with E-state index >= 15 is 0 Å². The number of aromatic hydroxyl groups is 1. The Morgan fingerprint density at radius 3 is 3.04 bits per heavy atom. The predicted octanol–water partition coefficient (Wildman–Crippen LogP) is 3.68. The van der Waals surface area contributed by atoms with Gasteiger partial charge in [0.15, 0.2) is 11.5 Å². The molecule has 0 amide bonds. The molecule has 2 aromatic rings. The maximum Gasteiger partial charge on any atom is 0.160 e. The van der Waals surface area contributed by atoms with Crippen molar-refractivity contribution in [2.75, 3.05) is 13.7 Å². The van der Waals surface area contributed by atoms with Crippen molar-refractivity contribution in [2.24, 2.45) is 0 Å². The van der Waals surface area contributed by atoms with E-state index in [0.29, 0.717) is 11.8 Å². The maximum absolute atomic E-state index is 9.72. The van der Waals surface area contributed by atoms with Crippen LogP contribution in [0.5, 0.6) is 11.5 Å². The molecule has 5 heteroatoms. The van der Waals surface area contributed by atoms with Gasteiger partial charge in [0.1, 0.15) is 11.5 Å². The molecular weight excluding hydrogens is 292 g/mol. The number of benzene rings is 1. The standard InChI is InChI=1S/C18H24N2O3/c1-3-5-14-11-15(19-23-14)16-6-4-9-20(16)12-13-7-8-17(21)18(10-13)22-2/h7-8,10-11,16,21H,3-6,9,12H2,1-2H3. The van der Waals surface area contributed by atoms with Crippen LogP contribution in [0.15, 0.2) is 28.8 Å². The van der Waals surface area contributed by atoms with Gasteiger partial charge < -0.3 is 14.4 Å². The molecule has 5 nitrogen and oxygen atoms in total. The molecule has 3 rings (SSSR count). The zero-order valence-corrected chi connectivity index (χ0v) is 13.8. The first-order chi connectivity index (χ1) is 11.2. The highest BCUT2D eigenvalue weighted by Gasteiger charge is 2.28. The fourth-order valence-corrected chi connectivity index (χ4v) is 3.26. The van der Waals surface area contributed by atoms with Gasteiger partial charge in [-0.2, -0.15) is 0 Å². The second kappa shape index (κ2) is 7.04. The van der Waals surface area contributed by atoms with Crippen LogP contribution in [-0.2, 0) is 13.0 Å². The summed E-state index contributed by atoms with van der Waals surface area (Å²) in [5.74, 6) is 1.67. The number of methoxy groups -OCH3 is 1. The van der Waals surface area contributed by atoms with E-state index in [9.17, 15) is 5.11 Å². The highest BCUT2D eigenvalue weighted by Crippen LogP contribution is 2.34. The Morgan fingerprint density at radius 2 is 2.26 bits per heavy atom. The monoisotopic (exact) mass is 316 g/mol. The van der Waals surface area contributed by atoms with Crippen molar-refractivity contribution in [3.63, 3.8) is 0 Å². The average Bonchev–Trinajstić information content (AvgIpc) is 3.18. The summed E-state index contributed by atoms with van der Waals surface area (Å²) in [4.78, 5) is 2.42. The first-order valence-corrected chi connectivity index (χ1v) is 8.26. The minimum absolute atomic E-state index is 0.176. The molecule has 1 unspecified atom stereocenters. The Hall–Kier alpha value is -2.01. The number of hydrogen-bond donors (Lipinski definition) is 1. The number of nitrogens with zero attached hydrogens (tertiary/aromatic N) is 2. The molecule has 1 aromatic carbocycles. The Balaban J connectivity index is 1.73.